The van der Waals surface area contributed by atoms with Crippen molar-refractivity contribution in [2.24, 2.45) is 0 Å². The summed E-state index contributed by atoms with van der Waals surface area (Å²) in [6.45, 7) is 0. The second kappa shape index (κ2) is 6.37. The van der Waals surface area contributed by atoms with E-state index < -0.39 is 5.97 Å². The van der Waals surface area contributed by atoms with Crippen LogP contribution in [0.2, 0.25) is 0 Å². The first-order chi connectivity index (χ1) is 11.5. The molecule has 0 spiro atoms. The van der Waals surface area contributed by atoms with E-state index >= 15 is 0 Å². The Labute approximate surface area is 146 Å². The van der Waals surface area contributed by atoms with Crippen LogP contribution in [-0.2, 0) is 0 Å². The molecule has 0 radical (unpaired) electrons. The number of methoxy groups -OCH3 is 1. The van der Waals surface area contributed by atoms with E-state index in [2.05, 4.69) is 21.0 Å². The van der Waals surface area contributed by atoms with E-state index in [1.54, 1.807) is 12.1 Å². The number of benzene rings is 2. The SMILES string of the molecule is COc1cc(-c2nn(-c3ccc(Br)cc3)cc2C(=O)O)ccc1O. The maximum atomic E-state index is 11.6. The van der Waals surface area contributed by atoms with Gasteiger partial charge in [-0.2, -0.15) is 5.10 Å². The molecule has 0 aliphatic heterocycles. The highest BCUT2D eigenvalue weighted by Crippen LogP contribution is 2.32. The predicted octanol–water partition coefficient (Wildman–Crippen LogP) is 3.71. The molecular formula is C17H13BrN2O4. The molecule has 0 unspecified atom stereocenters. The van der Waals surface area contributed by atoms with Crippen LogP contribution >= 0.6 is 15.9 Å². The largest absolute Gasteiger partial charge is 0.504 e. The van der Waals surface area contributed by atoms with Gasteiger partial charge in [-0.05, 0) is 42.5 Å². The minimum absolute atomic E-state index is 0.0227. The number of carboxylic acid groups (broad SMARTS) is 1. The number of halogens is 1. The molecule has 0 saturated carbocycles. The van der Waals surface area contributed by atoms with Gasteiger partial charge in [0.15, 0.2) is 11.5 Å². The van der Waals surface area contributed by atoms with Crippen LogP contribution in [-0.4, -0.2) is 33.1 Å². The zero-order valence-corrected chi connectivity index (χ0v) is 14.2. The van der Waals surface area contributed by atoms with Crippen LogP contribution in [0.25, 0.3) is 16.9 Å². The average molecular weight is 389 g/mol. The molecule has 7 heteroatoms. The normalized spacial score (nSPS) is 10.6. The van der Waals surface area contributed by atoms with Gasteiger partial charge in [-0.3, -0.25) is 0 Å². The molecule has 1 aromatic heterocycles. The summed E-state index contributed by atoms with van der Waals surface area (Å²) in [4.78, 5) is 11.6. The van der Waals surface area contributed by atoms with Crippen molar-refractivity contribution in [1.29, 1.82) is 0 Å². The first-order valence-corrected chi connectivity index (χ1v) is 7.75. The highest BCUT2D eigenvalue weighted by atomic mass is 79.9. The molecular weight excluding hydrogens is 376 g/mol. The van der Waals surface area contributed by atoms with E-state index in [4.69, 9.17) is 4.74 Å². The fourth-order valence-electron chi connectivity index (χ4n) is 2.29. The Balaban J connectivity index is 2.13. The van der Waals surface area contributed by atoms with Gasteiger partial charge in [-0.25, -0.2) is 9.48 Å². The molecule has 2 N–H and O–H groups in total. The van der Waals surface area contributed by atoms with Gasteiger partial charge in [0, 0.05) is 16.2 Å². The van der Waals surface area contributed by atoms with E-state index in [-0.39, 0.29) is 17.1 Å². The number of aromatic hydroxyl groups is 1. The highest BCUT2D eigenvalue weighted by molar-refractivity contribution is 9.10. The quantitative estimate of drug-likeness (QED) is 0.711. The lowest BCUT2D eigenvalue weighted by atomic mass is 10.1. The van der Waals surface area contributed by atoms with Gasteiger partial charge in [0.1, 0.15) is 11.3 Å². The van der Waals surface area contributed by atoms with Crippen molar-refractivity contribution in [1.82, 2.24) is 9.78 Å². The second-order valence-corrected chi connectivity index (χ2v) is 5.92. The summed E-state index contributed by atoms with van der Waals surface area (Å²) in [7, 11) is 1.43. The Morgan fingerprint density at radius 1 is 1.21 bits per heavy atom. The Morgan fingerprint density at radius 3 is 2.54 bits per heavy atom. The fourth-order valence-corrected chi connectivity index (χ4v) is 2.56. The number of rotatable bonds is 4. The van der Waals surface area contributed by atoms with Crippen LogP contribution < -0.4 is 4.74 Å². The first kappa shape index (κ1) is 16.1. The van der Waals surface area contributed by atoms with Crippen LogP contribution in [0.5, 0.6) is 11.5 Å². The standard InChI is InChI=1S/C17H13BrN2O4/c1-24-15-8-10(2-7-14(15)21)16-13(17(22)23)9-20(19-16)12-5-3-11(18)4-6-12/h2-9,21H,1H3,(H,22,23). The molecule has 1 heterocycles. The van der Waals surface area contributed by atoms with Crippen LogP contribution in [0.15, 0.2) is 53.1 Å². The van der Waals surface area contributed by atoms with E-state index in [1.165, 1.54) is 24.1 Å². The van der Waals surface area contributed by atoms with Gasteiger partial charge in [0.2, 0.25) is 0 Å². The van der Waals surface area contributed by atoms with E-state index in [9.17, 15) is 15.0 Å². The third-order valence-electron chi connectivity index (χ3n) is 3.49. The number of carboxylic acids is 1. The maximum absolute atomic E-state index is 11.6. The Hall–Kier alpha value is -2.80. The summed E-state index contributed by atoms with van der Waals surface area (Å²) >= 11 is 3.36. The summed E-state index contributed by atoms with van der Waals surface area (Å²) in [5.41, 5.74) is 1.63. The number of aromatic carboxylic acids is 1. The first-order valence-electron chi connectivity index (χ1n) is 6.96. The Bertz CT molecular complexity index is 903. The van der Waals surface area contributed by atoms with Crippen molar-refractivity contribution in [2.45, 2.75) is 0 Å². The molecule has 3 rings (SSSR count). The van der Waals surface area contributed by atoms with Crippen LogP contribution in [0, 0.1) is 0 Å². The minimum atomic E-state index is -1.08. The smallest absolute Gasteiger partial charge is 0.339 e. The van der Waals surface area contributed by atoms with Crippen molar-refractivity contribution in [3.8, 4) is 28.4 Å². The molecule has 0 fully saturated rings. The summed E-state index contributed by atoms with van der Waals surface area (Å²) < 4.78 is 7.50. The van der Waals surface area contributed by atoms with Crippen molar-refractivity contribution < 1.29 is 19.7 Å². The number of hydrogen-bond donors (Lipinski definition) is 2. The lowest BCUT2D eigenvalue weighted by Crippen LogP contribution is -1.97. The van der Waals surface area contributed by atoms with Gasteiger partial charge >= 0.3 is 5.97 Å². The molecule has 6 nitrogen and oxygen atoms in total. The van der Waals surface area contributed by atoms with Gasteiger partial charge in [-0.1, -0.05) is 15.9 Å². The van der Waals surface area contributed by atoms with E-state index in [0.717, 1.165) is 10.2 Å². The van der Waals surface area contributed by atoms with Crippen molar-refractivity contribution in [3.05, 3.63) is 58.7 Å². The predicted molar refractivity (Wildman–Crippen MR) is 91.9 cm³/mol. The van der Waals surface area contributed by atoms with Crippen molar-refractivity contribution in [2.75, 3.05) is 7.11 Å². The zero-order chi connectivity index (χ0) is 17.3. The van der Waals surface area contributed by atoms with Crippen molar-refractivity contribution >= 4 is 21.9 Å². The molecule has 0 atom stereocenters. The average Bonchev–Trinajstić information content (AvgIpc) is 3.01. The van der Waals surface area contributed by atoms with Gasteiger partial charge in [-0.15, -0.1) is 0 Å². The second-order valence-electron chi connectivity index (χ2n) is 5.00. The molecule has 0 aliphatic carbocycles. The van der Waals surface area contributed by atoms with Crippen LogP contribution in [0.1, 0.15) is 10.4 Å². The monoisotopic (exact) mass is 388 g/mol. The minimum Gasteiger partial charge on any atom is -0.504 e. The third kappa shape index (κ3) is 2.98. The van der Waals surface area contributed by atoms with Gasteiger partial charge in [0.25, 0.3) is 0 Å². The molecule has 2 aromatic carbocycles. The topological polar surface area (TPSA) is 84.6 Å². The number of hydrogen-bond acceptors (Lipinski definition) is 4. The molecule has 0 aliphatic rings. The van der Waals surface area contributed by atoms with Crippen LogP contribution in [0.4, 0.5) is 0 Å². The molecule has 122 valence electrons. The summed E-state index contributed by atoms with van der Waals surface area (Å²) in [6.07, 6.45) is 1.46. The number of ether oxygens (including phenoxy) is 1. The maximum Gasteiger partial charge on any atom is 0.339 e. The summed E-state index contributed by atoms with van der Waals surface area (Å²) in [5, 5.41) is 23.6. The van der Waals surface area contributed by atoms with Crippen molar-refractivity contribution in [3.63, 3.8) is 0 Å². The zero-order valence-electron chi connectivity index (χ0n) is 12.6. The molecule has 3 aromatic rings. The number of phenolic OH excluding ortho intramolecular Hbond substituents is 1. The van der Waals surface area contributed by atoms with E-state index in [1.807, 2.05) is 24.3 Å². The molecule has 0 saturated heterocycles. The number of phenols is 1. The lowest BCUT2D eigenvalue weighted by Gasteiger charge is -2.05. The van der Waals surface area contributed by atoms with Gasteiger partial charge < -0.3 is 14.9 Å². The third-order valence-corrected chi connectivity index (χ3v) is 4.02. The van der Waals surface area contributed by atoms with Gasteiger partial charge in [0.05, 0.1) is 12.8 Å². The summed E-state index contributed by atoms with van der Waals surface area (Å²) in [6, 6.07) is 11.9. The molecule has 24 heavy (non-hydrogen) atoms. The Kier molecular flexibility index (Phi) is 4.26. The molecule has 0 bridgehead atoms. The number of aromatic nitrogens is 2. The van der Waals surface area contributed by atoms with Crippen LogP contribution in [0.3, 0.4) is 0 Å². The fraction of sp³-hybridized carbons (Fsp3) is 0.0588. The number of nitrogens with zero attached hydrogens (tertiary/aromatic N) is 2. The van der Waals surface area contributed by atoms with E-state index in [0.29, 0.717) is 11.3 Å². The highest BCUT2D eigenvalue weighted by Gasteiger charge is 2.19. The number of carbonyl (C=O) groups is 1. The molecule has 0 amide bonds. The summed E-state index contributed by atoms with van der Waals surface area (Å²) in [5.74, 6) is -0.854. The Morgan fingerprint density at radius 2 is 1.92 bits per heavy atom. The lowest BCUT2D eigenvalue weighted by molar-refractivity contribution is 0.0697.